The molecule has 24 heavy (non-hydrogen) atoms. The molecule has 1 aliphatic carbocycles. The summed E-state index contributed by atoms with van der Waals surface area (Å²) in [6, 6.07) is 2.66. The zero-order valence-corrected chi connectivity index (χ0v) is 14.6. The smallest absolute Gasteiger partial charge is 0.304 e. The number of hydrogen-bond donors (Lipinski definition) is 2. The van der Waals surface area contributed by atoms with E-state index in [2.05, 4.69) is 10.6 Å². The molecule has 7 nitrogen and oxygen atoms in total. The number of nitroso groups, excluding NO2 is 1. The van der Waals surface area contributed by atoms with Gasteiger partial charge in [-0.25, -0.2) is 5.32 Å². The highest BCUT2D eigenvalue weighted by atomic mass is 32.2. The third kappa shape index (κ3) is 3.70. The molecule has 0 spiro atoms. The second-order valence-electron chi connectivity index (χ2n) is 6.24. The quantitative estimate of drug-likeness (QED) is 0.786. The Bertz CT molecular complexity index is 684. The molecule has 2 N–H and O–H groups in total. The van der Waals surface area contributed by atoms with E-state index in [0.717, 1.165) is 17.6 Å². The topological polar surface area (TPSA) is 83.2 Å². The summed E-state index contributed by atoms with van der Waals surface area (Å²) in [7, 11) is 0. The number of nitrogens with zero attached hydrogens (tertiary/aromatic N) is 2. The fourth-order valence-electron chi connectivity index (χ4n) is 3.18. The van der Waals surface area contributed by atoms with Crippen LogP contribution in [-0.4, -0.2) is 38.6 Å². The van der Waals surface area contributed by atoms with Gasteiger partial charge >= 0.3 is 5.50 Å². The minimum Gasteiger partial charge on any atom is -0.319 e. The number of nitrogens with one attached hydrogen (secondary N) is 2. The van der Waals surface area contributed by atoms with Gasteiger partial charge in [-0.3, -0.25) is 9.59 Å². The number of pyridine rings is 1. The highest BCUT2D eigenvalue weighted by Gasteiger charge is 2.48. The van der Waals surface area contributed by atoms with Crippen molar-refractivity contribution < 1.29 is 9.55 Å². The average Bonchev–Trinajstić information content (AvgIpc) is 3.20. The molecule has 2 atom stereocenters. The van der Waals surface area contributed by atoms with Crippen molar-refractivity contribution >= 4 is 23.4 Å². The van der Waals surface area contributed by atoms with Crippen molar-refractivity contribution in [1.29, 1.82) is 0 Å². The number of anilines is 1. The molecule has 1 aromatic rings. The molecule has 2 unspecified atom stereocenters. The third-order valence-electron chi connectivity index (χ3n) is 4.58. The number of aromatic nitrogens is 1. The summed E-state index contributed by atoms with van der Waals surface area (Å²) >= 11 is 1.48. The van der Waals surface area contributed by atoms with E-state index in [1.54, 1.807) is 12.3 Å². The van der Waals surface area contributed by atoms with Crippen molar-refractivity contribution in [2.24, 2.45) is 0 Å². The molecule has 3 rings (SSSR count). The maximum absolute atomic E-state index is 12.4. The van der Waals surface area contributed by atoms with Crippen molar-refractivity contribution in [1.82, 2.24) is 9.88 Å². The first-order valence-corrected chi connectivity index (χ1v) is 9.48. The molecular weight excluding hydrogens is 328 g/mol. The number of amides is 1. The average molecular weight is 351 g/mol. The zero-order chi connectivity index (χ0) is 17.1. The van der Waals surface area contributed by atoms with Gasteiger partial charge in [0.1, 0.15) is 0 Å². The third-order valence-corrected chi connectivity index (χ3v) is 5.75. The lowest BCUT2D eigenvalue weighted by molar-refractivity contribution is -0.579. The van der Waals surface area contributed by atoms with Crippen LogP contribution < -0.4 is 16.2 Å². The summed E-state index contributed by atoms with van der Waals surface area (Å²) in [5.74, 6) is 0.141. The van der Waals surface area contributed by atoms with Gasteiger partial charge in [0.05, 0.1) is 11.4 Å². The highest BCUT2D eigenvalue weighted by Crippen LogP contribution is 2.27. The van der Waals surface area contributed by atoms with Gasteiger partial charge in [-0.05, 0) is 25.8 Å². The van der Waals surface area contributed by atoms with Crippen LogP contribution >= 0.6 is 11.8 Å². The van der Waals surface area contributed by atoms with Crippen LogP contribution in [0.15, 0.2) is 23.1 Å². The molecule has 8 heteroatoms. The fourth-order valence-corrected chi connectivity index (χ4v) is 4.42. The molecule has 130 valence electrons. The molecule has 2 fully saturated rings. The summed E-state index contributed by atoms with van der Waals surface area (Å²) in [6.45, 7) is 2.39. The summed E-state index contributed by atoms with van der Waals surface area (Å²) in [5, 5.41) is 6.10. The monoisotopic (exact) mass is 351 g/mol. The first-order chi connectivity index (χ1) is 11.6. The number of carbonyl (C=O) groups excluding carboxylic acids is 1. The van der Waals surface area contributed by atoms with E-state index < -0.39 is 6.04 Å². The van der Waals surface area contributed by atoms with Gasteiger partial charge in [-0.2, -0.15) is 0 Å². The Hall–Kier alpha value is -1.67. The van der Waals surface area contributed by atoms with Gasteiger partial charge in [-0.1, -0.05) is 24.6 Å². The number of rotatable bonds is 5. The van der Waals surface area contributed by atoms with Gasteiger partial charge in [0.15, 0.2) is 0 Å². The molecule has 1 saturated heterocycles. The molecule has 2 heterocycles. The van der Waals surface area contributed by atoms with Crippen molar-refractivity contribution in [2.75, 3.05) is 11.1 Å². The van der Waals surface area contributed by atoms with Crippen LogP contribution in [0, 0.1) is 4.91 Å². The number of carbonyl (C=O) groups is 1. The lowest BCUT2D eigenvalue weighted by Crippen LogP contribution is -2.44. The highest BCUT2D eigenvalue weighted by molar-refractivity contribution is 7.99. The van der Waals surface area contributed by atoms with Crippen LogP contribution in [0.2, 0.25) is 0 Å². The summed E-state index contributed by atoms with van der Waals surface area (Å²) in [6.07, 6.45) is 6.20. The molecule has 0 radical (unpaired) electrons. The van der Waals surface area contributed by atoms with Gasteiger partial charge in [0.25, 0.3) is 17.5 Å². The second-order valence-corrected chi connectivity index (χ2v) is 7.35. The first kappa shape index (κ1) is 17.2. The standard InChI is InChI=1S/C16H22N4O3S/c1-2-19-9-12(7-8-14(19)21)17-15(22)13-10-24-16(20(13)23)18-11-5-3-4-6-11/h7-9,11,13,16,18H,2-6,10H2,1H3/p+1. The second kappa shape index (κ2) is 7.48. The van der Waals surface area contributed by atoms with E-state index in [9.17, 15) is 14.5 Å². The maximum Gasteiger partial charge on any atom is 0.304 e. The van der Waals surface area contributed by atoms with Crippen LogP contribution in [0.4, 0.5) is 5.69 Å². The lowest BCUT2D eigenvalue weighted by atomic mass is 10.2. The Kier molecular flexibility index (Phi) is 5.35. The Labute approximate surface area is 144 Å². The van der Waals surface area contributed by atoms with Crippen molar-refractivity contribution in [3.8, 4) is 0 Å². The molecule has 1 saturated carbocycles. The van der Waals surface area contributed by atoms with E-state index in [4.69, 9.17) is 0 Å². The largest absolute Gasteiger partial charge is 0.319 e. The first-order valence-electron chi connectivity index (χ1n) is 8.43. The predicted molar refractivity (Wildman–Crippen MR) is 94.1 cm³/mol. The normalized spacial score (nSPS) is 24.5. The van der Waals surface area contributed by atoms with E-state index in [1.807, 2.05) is 6.92 Å². The van der Waals surface area contributed by atoms with Crippen LogP contribution in [0.5, 0.6) is 0 Å². The Morgan fingerprint density at radius 3 is 2.83 bits per heavy atom. The SMILES string of the molecule is CCn1cc(NC(=O)C2CSC(NC3CCCC3)[N+]2=O)ccc1=O. The van der Waals surface area contributed by atoms with Crippen LogP contribution in [0.25, 0.3) is 0 Å². The maximum atomic E-state index is 12.4. The van der Waals surface area contributed by atoms with Crippen LogP contribution in [-0.2, 0) is 11.3 Å². The molecular formula is C16H23N4O3S+. The Morgan fingerprint density at radius 1 is 1.38 bits per heavy atom. The van der Waals surface area contributed by atoms with Gasteiger partial charge in [0, 0.05) is 34.5 Å². The summed E-state index contributed by atoms with van der Waals surface area (Å²) in [4.78, 5) is 36.4. The van der Waals surface area contributed by atoms with Crippen LogP contribution in [0.1, 0.15) is 32.6 Å². The predicted octanol–water partition coefficient (Wildman–Crippen LogP) is 1.52. The molecule has 1 amide bonds. The van der Waals surface area contributed by atoms with Crippen molar-refractivity contribution in [2.45, 2.75) is 56.7 Å². The van der Waals surface area contributed by atoms with E-state index in [1.165, 1.54) is 35.2 Å². The Morgan fingerprint density at radius 2 is 2.12 bits per heavy atom. The lowest BCUT2D eigenvalue weighted by Gasteiger charge is -2.12. The number of aryl methyl sites for hydroxylation is 1. The molecule has 1 aliphatic heterocycles. The molecule has 0 bridgehead atoms. The van der Waals surface area contributed by atoms with E-state index >= 15 is 0 Å². The van der Waals surface area contributed by atoms with E-state index in [-0.39, 0.29) is 17.0 Å². The minimum atomic E-state index is -0.712. The van der Waals surface area contributed by atoms with Crippen molar-refractivity contribution in [3.63, 3.8) is 0 Å². The minimum absolute atomic E-state index is 0.113. The van der Waals surface area contributed by atoms with Crippen LogP contribution in [0.3, 0.4) is 0 Å². The molecule has 2 aliphatic rings. The molecule has 1 aromatic heterocycles. The van der Waals surface area contributed by atoms with Gasteiger partial charge < -0.3 is 9.88 Å². The van der Waals surface area contributed by atoms with Crippen molar-refractivity contribution in [3.05, 3.63) is 33.6 Å². The number of hydrogen-bond acceptors (Lipinski definition) is 5. The summed E-state index contributed by atoms with van der Waals surface area (Å²) < 4.78 is 2.38. The van der Waals surface area contributed by atoms with E-state index in [0.29, 0.717) is 24.0 Å². The summed E-state index contributed by atoms with van der Waals surface area (Å²) in [5.41, 5.74) is 0.0682. The van der Waals surface area contributed by atoms with Gasteiger partial charge in [-0.15, -0.1) is 0 Å². The molecule has 0 aromatic carbocycles. The fraction of sp³-hybridized carbons (Fsp3) is 0.625. The number of thioether (sulfide) groups is 1. The Balaban J connectivity index is 1.61. The zero-order valence-electron chi connectivity index (χ0n) is 13.7. The van der Waals surface area contributed by atoms with Gasteiger partial charge in [0.2, 0.25) is 0 Å².